The summed E-state index contributed by atoms with van der Waals surface area (Å²) >= 11 is 0. The van der Waals surface area contributed by atoms with Crippen molar-refractivity contribution in [2.45, 2.75) is 354 Å². The fourth-order valence-corrected chi connectivity index (χ4v) is 9.73. The van der Waals surface area contributed by atoms with Crippen molar-refractivity contribution >= 4 is 17.9 Å². The van der Waals surface area contributed by atoms with Crippen LogP contribution in [-0.2, 0) is 28.6 Å². The van der Waals surface area contributed by atoms with Gasteiger partial charge in [0.15, 0.2) is 6.10 Å². The van der Waals surface area contributed by atoms with E-state index < -0.39 is 6.10 Å². The maximum absolute atomic E-state index is 12.8. The molecular formula is C68H124O6. The number of ether oxygens (including phenoxy) is 3. The predicted molar refractivity (Wildman–Crippen MR) is 321 cm³/mol. The minimum Gasteiger partial charge on any atom is -0.462 e. The first-order valence-electron chi connectivity index (χ1n) is 32.6. The Labute approximate surface area is 460 Å². The highest BCUT2D eigenvalue weighted by Gasteiger charge is 2.19. The average molecular weight is 1040 g/mol. The lowest BCUT2D eigenvalue weighted by atomic mass is 10.0. The van der Waals surface area contributed by atoms with Gasteiger partial charge in [-0.3, -0.25) is 14.4 Å². The quantitative estimate of drug-likeness (QED) is 0.0261. The lowest BCUT2D eigenvalue weighted by Crippen LogP contribution is -2.30. The molecule has 0 aliphatic heterocycles. The van der Waals surface area contributed by atoms with Gasteiger partial charge in [-0.25, -0.2) is 0 Å². The predicted octanol–water partition coefficient (Wildman–Crippen LogP) is 22.2. The molecule has 0 spiro atoms. The first kappa shape index (κ1) is 71.4. The van der Waals surface area contributed by atoms with Crippen molar-refractivity contribution in [2.24, 2.45) is 0 Å². The van der Waals surface area contributed by atoms with Crippen LogP contribution >= 0.6 is 0 Å². The summed E-state index contributed by atoms with van der Waals surface area (Å²) in [6, 6.07) is 0. The zero-order chi connectivity index (χ0) is 53.6. The maximum atomic E-state index is 12.8. The molecule has 0 N–H and O–H groups in total. The summed E-state index contributed by atoms with van der Waals surface area (Å²) in [4.78, 5) is 38.1. The minimum atomic E-state index is -0.782. The summed E-state index contributed by atoms with van der Waals surface area (Å²) < 4.78 is 16.9. The molecule has 0 aliphatic rings. The summed E-state index contributed by atoms with van der Waals surface area (Å²) in [5.74, 6) is -0.888. The SMILES string of the molecule is CC/C=C\C/C=C\C/C=C\C/C=C\CCCCCCC(=O)OC(COC(=O)CCCCCCCCCCC)COC(=O)CCCCCCCCCCCCCCCCCCCCCCCCCCCCCCCC. The lowest BCUT2D eigenvalue weighted by molar-refractivity contribution is -0.167. The van der Waals surface area contributed by atoms with Gasteiger partial charge >= 0.3 is 17.9 Å². The molecule has 0 radical (unpaired) electrons. The molecule has 0 heterocycles. The van der Waals surface area contributed by atoms with Crippen LogP contribution in [0.4, 0.5) is 0 Å². The molecule has 6 nitrogen and oxygen atoms in total. The largest absolute Gasteiger partial charge is 0.462 e. The van der Waals surface area contributed by atoms with Gasteiger partial charge in [-0.2, -0.15) is 0 Å². The number of hydrogen-bond donors (Lipinski definition) is 0. The second-order valence-corrected chi connectivity index (χ2v) is 22.0. The first-order valence-corrected chi connectivity index (χ1v) is 32.6. The first-order chi connectivity index (χ1) is 36.5. The molecule has 0 aliphatic carbocycles. The van der Waals surface area contributed by atoms with E-state index in [0.29, 0.717) is 19.3 Å². The molecule has 0 bridgehead atoms. The molecule has 1 unspecified atom stereocenters. The Morgan fingerprint density at radius 1 is 0.284 bits per heavy atom. The topological polar surface area (TPSA) is 78.9 Å². The maximum Gasteiger partial charge on any atom is 0.306 e. The van der Waals surface area contributed by atoms with E-state index in [9.17, 15) is 14.4 Å². The van der Waals surface area contributed by atoms with E-state index in [-0.39, 0.29) is 31.1 Å². The van der Waals surface area contributed by atoms with Crippen LogP contribution < -0.4 is 0 Å². The smallest absolute Gasteiger partial charge is 0.306 e. The monoisotopic (exact) mass is 1040 g/mol. The van der Waals surface area contributed by atoms with Gasteiger partial charge in [0.1, 0.15) is 13.2 Å². The van der Waals surface area contributed by atoms with Crippen LogP contribution in [0.5, 0.6) is 0 Å². The van der Waals surface area contributed by atoms with Crippen LogP contribution in [0.15, 0.2) is 48.6 Å². The zero-order valence-corrected chi connectivity index (χ0v) is 49.6. The number of carbonyl (C=O) groups excluding carboxylic acids is 3. The van der Waals surface area contributed by atoms with E-state index in [2.05, 4.69) is 69.4 Å². The van der Waals surface area contributed by atoms with Crippen molar-refractivity contribution in [3.05, 3.63) is 48.6 Å². The fraction of sp³-hybridized carbons (Fsp3) is 0.838. The Morgan fingerprint density at radius 3 is 0.824 bits per heavy atom. The average Bonchev–Trinajstić information content (AvgIpc) is 3.40. The molecule has 0 amide bonds. The summed E-state index contributed by atoms with van der Waals surface area (Å²) in [5, 5.41) is 0. The van der Waals surface area contributed by atoms with E-state index in [1.165, 1.54) is 212 Å². The van der Waals surface area contributed by atoms with Crippen LogP contribution in [-0.4, -0.2) is 37.2 Å². The zero-order valence-electron chi connectivity index (χ0n) is 49.6. The van der Waals surface area contributed by atoms with E-state index in [0.717, 1.165) is 96.3 Å². The fourth-order valence-electron chi connectivity index (χ4n) is 9.73. The molecule has 6 heteroatoms. The molecule has 1 atom stereocenters. The Balaban J connectivity index is 4.09. The highest BCUT2D eigenvalue weighted by Crippen LogP contribution is 2.18. The van der Waals surface area contributed by atoms with Gasteiger partial charge in [0.2, 0.25) is 0 Å². The van der Waals surface area contributed by atoms with Gasteiger partial charge in [0.05, 0.1) is 0 Å². The molecule has 0 aromatic heterocycles. The molecule has 0 rings (SSSR count). The van der Waals surface area contributed by atoms with Gasteiger partial charge in [0, 0.05) is 19.3 Å². The van der Waals surface area contributed by atoms with E-state index in [4.69, 9.17) is 14.2 Å². The molecule has 0 fully saturated rings. The van der Waals surface area contributed by atoms with Crippen molar-refractivity contribution in [1.29, 1.82) is 0 Å². The summed E-state index contributed by atoms with van der Waals surface area (Å²) in [6.45, 7) is 6.54. The van der Waals surface area contributed by atoms with Gasteiger partial charge in [0.25, 0.3) is 0 Å². The van der Waals surface area contributed by atoms with Crippen LogP contribution in [0, 0.1) is 0 Å². The Bertz CT molecular complexity index is 1280. The highest BCUT2D eigenvalue weighted by molar-refractivity contribution is 5.71. The van der Waals surface area contributed by atoms with Crippen molar-refractivity contribution in [3.8, 4) is 0 Å². The van der Waals surface area contributed by atoms with Gasteiger partial charge < -0.3 is 14.2 Å². The normalized spacial score (nSPS) is 12.3. The van der Waals surface area contributed by atoms with Crippen LogP contribution in [0.25, 0.3) is 0 Å². The summed E-state index contributed by atoms with van der Waals surface area (Å²) in [7, 11) is 0. The number of esters is 3. The molecule has 432 valence electrons. The van der Waals surface area contributed by atoms with E-state index >= 15 is 0 Å². The molecule has 0 saturated heterocycles. The molecular weight excluding hydrogens is 913 g/mol. The van der Waals surface area contributed by atoms with E-state index in [1.54, 1.807) is 0 Å². The van der Waals surface area contributed by atoms with Gasteiger partial charge in [-0.1, -0.05) is 320 Å². The molecule has 0 aromatic carbocycles. The number of unbranched alkanes of at least 4 members (excludes halogenated alkanes) is 41. The Morgan fingerprint density at radius 2 is 0.527 bits per heavy atom. The van der Waals surface area contributed by atoms with Crippen LogP contribution in [0.2, 0.25) is 0 Å². The van der Waals surface area contributed by atoms with Crippen LogP contribution in [0.3, 0.4) is 0 Å². The van der Waals surface area contributed by atoms with Gasteiger partial charge in [-0.15, -0.1) is 0 Å². The Kier molecular flexibility index (Phi) is 60.7. The number of allylic oxidation sites excluding steroid dienone is 8. The number of hydrogen-bond acceptors (Lipinski definition) is 6. The third-order valence-corrected chi connectivity index (χ3v) is 14.6. The number of carbonyl (C=O) groups is 3. The van der Waals surface area contributed by atoms with Crippen molar-refractivity contribution in [1.82, 2.24) is 0 Å². The van der Waals surface area contributed by atoms with Gasteiger partial charge in [-0.05, 0) is 57.8 Å². The third kappa shape index (κ3) is 60.2. The molecule has 0 aromatic rings. The van der Waals surface area contributed by atoms with Crippen molar-refractivity contribution in [2.75, 3.05) is 13.2 Å². The van der Waals surface area contributed by atoms with E-state index in [1.807, 2.05) is 0 Å². The number of rotatable bonds is 60. The second kappa shape index (κ2) is 62.9. The summed E-state index contributed by atoms with van der Waals surface area (Å²) in [5.41, 5.74) is 0. The summed E-state index contributed by atoms with van der Waals surface area (Å²) in [6.07, 6.45) is 78.7. The molecule has 0 saturated carbocycles. The standard InChI is InChI=1S/C68H124O6/c1-4-7-10-13-16-19-21-23-25-27-28-29-30-31-32-33-34-35-36-37-38-39-41-42-44-46-49-52-55-58-61-67(70)73-64-65(63-72-66(69)60-57-54-51-48-18-15-12-9-6-3)74-68(71)62-59-56-53-50-47-45-43-40-26-24-22-20-17-14-11-8-5-2/h8,11,17,20,24,26,43,45,65H,4-7,9-10,12-16,18-19,21-23,25,27-42,44,46-64H2,1-3H3/b11-8-,20-17-,26-24-,45-43-. The van der Waals surface area contributed by atoms with Crippen LogP contribution in [0.1, 0.15) is 348 Å². The van der Waals surface area contributed by atoms with Crippen molar-refractivity contribution in [3.63, 3.8) is 0 Å². The lowest BCUT2D eigenvalue weighted by Gasteiger charge is -2.18. The minimum absolute atomic E-state index is 0.0790. The highest BCUT2D eigenvalue weighted by atomic mass is 16.6. The second-order valence-electron chi connectivity index (χ2n) is 22.0. The molecule has 74 heavy (non-hydrogen) atoms. The third-order valence-electron chi connectivity index (χ3n) is 14.6. The van der Waals surface area contributed by atoms with Crippen molar-refractivity contribution < 1.29 is 28.6 Å². The Hall–Kier alpha value is -2.63.